The van der Waals surface area contributed by atoms with Crippen molar-refractivity contribution >= 4 is 30.5 Å². The van der Waals surface area contributed by atoms with Crippen LogP contribution in [-0.4, -0.2) is 12.6 Å². The second-order valence-electron chi connectivity index (χ2n) is 0.596. The molecule has 0 nitrogen and oxygen atoms in total. The molecule has 52 valence electrons. The van der Waals surface area contributed by atoms with Gasteiger partial charge >= 0.3 is 36.8 Å². The number of rotatable bonds is 0. The van der Waals surface area contributed by atoms with E-state index in [1.165, 1.54) is 0 Å². The maximum absolute atomic E-state index is 9.75. The Morgan fingerprint density at radius 1 is 1.00 bits per heavy atom. The Morgan fingerprint density at radius 2 is 1.00 bits per heavy atom. The molecule has 0 fully saturated rings. The van der Waals surface area contributed by atoms with E-state index in [1.807, 2.05) is 0 Å². The van der Waals surface area contributed by atoms with Crippen LogP contribution in [0.4, 0.5) is 17.3 Å². The first-order chi connectivity index (χ1) is 3.41. The minimum absolute atomic E-state index is 0. The maximum Gasteiger partial charge on any atom is 1.00 e. The summed E-state index contributed by atoms with van der Waals surface area (Å²) in [6, 6.07) is 0. The van der Waals surface area contributed by atoms with Crippen LogP contribution < -0.4 is 29.6 Å². The Kier molecular flexibility index (Phi) is 17.4. The zero-order chi connectivity index (χ0) is 7.21. The van der Waals surface area contributed by atoms with E-state index in [4.69, 9.17) is 23.2 Å². The molecule has 0 atom stereocenters. The van der Waals surface area contributed by atoms with Crippen molar-refractivity contribution in [3.63, 3.8) is 0 Å². The summed E-state index contributed by atoms with van der Waals surface area (Å²) in [5.41, 5.74) is 0. The standard InChI is InChI=1S/CH2Cl2.BF4.Na/c2-1-3;2-1(3,4)5;/h1H2;;/q;-1;+1. The minimum Gasteiger partial charge on any atom is -0.418 e. The van der Waals surface area contributed by atoms with Gasteiger partial charge in [0.15, 0.2) is 0 Å². The Bertz CT molecular complexity index is 42.3. The molecule has 0 N–H and O–H groups in total. The van der Waals surface area contributed by atoms with Crippen LogP contribution in [0.5, 0.6) is 0 Å². The van der Waals surface area contributed by atoms with Crippen molar-refractivity contribution in [2.75, 3.05) is 5.34 Å². The average molecular weight is 195 g/mol. The molecule has 0 amide bonds. The normalized spacial score (nSPS) is 8.67. The second kappa shape index (κ2) is 9.36. The largest absolute Gasteiger partial charge is 1.00 e. The Balaban J connectivity index is -0.0000000800. The van der Waals surface area contributed by atoms with Gasteiger partial charge in [0.2, 0.25) is 0 Å². The molecule has 0 spiro atoms. The summed E-state index contributed by atoms with van der Waals surface area (Å²) in [6.07, 6.45) is 0. The fourth-order valence-corrected chi connectivity index (χ4v) is 0. The number of hydrogen-bond acceptors (Lipinski definition) is 0. The van der Waals surface area contributed by atoms with Crippen LogP contribution in [0.3, 0.4) is 0 Å². The molecule has 0 heterocycles. The zero-order valence-electron chi connectivity index (χ0n) is 4.55. The first-order valence-corrected chi connectivity index (χ1v) is 2.48. The van der Waals surface area contributed by atoms with Crippen molar-refractivity contribution in [1.82, 2.24) is 0 Å². The van der Waals surface area contributed by atoms with Gasteiger partial charge in [-0.1, -0.05) is 0 Å². The van der Waals surface area contributed by atoms with Crippen molar-refractivity contribution in [1.29, 1.82) is 0 Å². The van der Waals surface area contributed by atoms with Gasteiger partial charge in [0.1, 0.15) is 0 Å². The minimum atomic E-state index is -6.00. The van der Waals surface area contributed by atoms with Crippen LogP contribution in [0, 0.1) is 0 Å². The van der Waals surface area contributed by atoms with Gasteiger partial charge in [-0.3, -0.25) is 0 Å². The molecule has 0 aliphatic heterocycles. The summed E-state index contributed by atoms with van der Waals surface area (Å²) in [5, 5.41) is 0.194. The summed E-state index contributed by atoms with van der Waals surface area (Å²) >= 11 is 9.53. The van der Waals surface area contributed by atoms with Crippen LogP contribution in [0.1, 0.15) is 0 Å². The average Bonchev–Trinajstić information content (AvgIpc) is 1.27. The molecule has 0 unspecified atom stereocenters. The van der Waals surface area contributed by atoms with Gasteiger partial charge in [-0.2, -0.15) is 0 Å². The molecule has 0 aromatic heterocycles. The van der Waals surface area contributed by atoms with Gasteiger partial charge in [0, 0.05) is 0 Å². The predicted octanol–water partition coefficient (Wildman–Crippen LogP) is -0.275. The SMILES string of the molecule is ClCCl.F[B-](F)(F)F.[Na+]. The van der Waals surface area contributed by atoms with Crippen LogP contribution >= 0.6 is 23.2 Å². The fraction of sp³-hybridized carbons (Fsp3) is 1.00. The van der Waals surface area contributed by atoms with Gasteiger partial charge in [-0.25, -0.2) is 0 Å². The van der Waals surface area contributed by atoms with Crippen molar-refractivity contribution < 1.29 is 46.8 Å². The van der Waals surface area contributed by atoms with E-state index in [0.717, 1.165) is 0 Å². The van der Waals surface area contributed by atoms with Gasteiger partial charge in [-0.15, -0.1) is 23.2 Å². The van der Waals surface area contributed by atoms with Crippen molar-refractivity contribution in [2.45, 2.75) is 0 Å². The Hall–Kier alpha value is 1.36. The molecule has 0 bridgehead atoms. The smallest absolute Gasteiger partial charge is 0.418 e. The van der Waals surface area contributed by atoms with Crippen LogP contribution in [-0.2, 0) is 0 Å². The van der Waals surface area contributed by atoms with E-state index < -0.39 is 7.25 Å². The number of hydrogen-bond donors (Lipinski definition) is 0. The molecule has 0 aliphatic rings. The van der Waals surface area contributed by atoms with Gasteiger partial charge in [-0.05, 0) is 0 Å². The summed E-state index contributed by atoms with van der Waals surface area (Å²) in [7, 11) is -6.00. The van der Waals surface area contributed by atoms with E-state index in [2.05, 4.69) is 0 Å². The third-order valence-electron chi connectivity index (χ3n) is 0. The van der Waals surface area contributed by atoms with Gasteiger partial charge in [0.25, 0.3) is 0 Å². The van der Waals surface area contributed by atoms with Crippen LogP contribution in [0.2, 0.25) is 0 Å². The van der Waals surface area contributed by atoms with E-state index >= 15 is 0 Å². The van der Waals surface area contributed by atoms with E-state index in [0.29, 0.717) is 0 Å². The summed E-state index contributed by atoms with van der Waals surface area (Å²) in [4.78, 5) is 0. The third-order valence-corrected chi connectivity index (χ3v) is 0. The third kappa shape index (κ3) is 273. The maximum atomic E-state index is 9.75. The molecule has 0 saturated heterocycles. The predicted molar refractivity (Wildman–Crippen MR) is 26.8 cm³/mol. The quantitative estimate of drug-likeness (QED) is 0.283. The molecule has 8 heteroatoms. The van der Waals surface area contributed by atoms with Gasteiger partial charge in [0.05, 0.1) is 5.34 Å². The molecule has 0 rings (SSSR count). The van der Waals surface area contributed by atoms with Crippen molar-refractivity contribution in [3.8, 4) is 0 Å². The molecule has 0 radical (unpaired) electrons. The zero-order valence-corrected chi connectivity index (χ0v) is 8.06. The van der Waals surface area contributed by atoms with Crippen LogP contribution in [0.25, 0.3) is 0 Å². The van der Waals surface area contributed by atoms with E-state index in [9.17, 15) is 17.3 Å². The van der Waals surface area contributed by atoms with Crippen LogP contribution in [0.15, 0.2) is 0 Å². The molecule has 0 saturated carbocycles. The fourth-order valence-electron chi connectivity index (χ4n) is 0. The van der Waals surface area contributed by atoms with Gasteiger partial charge < -0.3 is 17.3 Å². The monoisotopic (exact) mass is 194 g/mol. The second-order valence-corrected chi connectivity index (χ2v) is 1.40. The topological polar surface area (TPSA) is 0 Å². The Labute approximate surface area is 82.3 Å². The summed E-state index contributed by atoms with van der Waals surface area (Å²) < 4.78 is 39.0. The van der Waals surface area contributed by atoms with E-state index in [-0.39, 0.29) is 34.9 Å². The van der Waals surface area contributed by atoms with Crippen molar-refractivity contribution in [2.24, 2.45) is 0 Å². The molecule has 0 aromatic carbocycles. The Morgan fingerprint density at radius 3 is 1.00 bits per heavy atom. The summed E-state index contributed by atoms with van der Waals surface area (Å²) in [6.45, 7) is 0. The van der Waals surface area contributed by atoms with Crippen molar-refractivity contribution in [3.05, 3.63) is 0 Å². The first-order valence-electron chi connectivity index (χ1n) is 1.41. The molecule has 9 heavy (non-hydrogen) atoms. The number of halogens is 6. The first kappa shape index (κ1) is 16.8. The van der Waals surface area contributed by atoms with E-state index in [1.54, 1.807) is 0 Å². The molecular formula is CH2BCl2F4Na. The molecule has 0 aliphatic carbocycles. The molecule has 0 aromatic rings. The summed E-state index contributed by atoms with van der Waals surface area (Å²) in [5.74, 6) is 0. The number of alkyl halides is 2. The molecular weight excluding hydrogens is 193 g/mol.